The van der Waals surface area contributed by atoms with Crippen LogP contribution in [0.2, 0.25) is 0 Å². The zero-order chi connectivity index (χ0) is 15.0. The molecule has 0 fully saturated rings. The summed E-state index contributed by atoms with van der Waals surface area (Å²) in [5, 5.41) is 9.43. The van der Waals surface area contributed by atoms with Crippen LogP contribution in [-0.2, 0) is 18.4 Å². The minimum absolute atomic E-state index is 0.136. The Kier molecular flexibility index (Phi) is 3.25. The molecule has 1 atom stereocenters. The predicted molar refractivity (Wildman–Crippen MR) is 77.0 cm³/mol. The lowest BCUT2D eigenvalue weighted by molar-refractivity contribution is -0.139. The van der Waals surface area contributed by atoms with E-state index in [4.69, 9.17) is 0 Å². The molecule has 0 unspecified atom stereocenters. The first-order valence-corrected chi connectivity index (χ1v) is 6.79. The molecule has 2 heterocycles. The summed E-state index contributed by atoms with van der Waals surface area (Å²) >= 11 is 0. The van der Waals surface area contributed by atoms with Gasteiger partial charge in [0.05, 0.1) is 5.92 Å². The van der Waals surface area contributed by atoms with Crippen LogP contribution in [-0.4, -0.2) is 33.0 Å². The smallest absolute Gasteiger partial charge is 0.312 e. The number of carboxylic acid groups (broad SMARTS) is 1. The summed E-state index contributed by atoms with van der Waals surface area (Å²) < 4.78 is 1.75. The standard InChI is InChI=1S/C16H16N2O3/c1-17-8-4-7-14(17)15(19)18-9-11-5-2-3-6-12(11)13(10-18)16(20)21/h2-8,13H,9-10H2,1H3,(H,20,21)/t13-/m0/s1. The zero-order valence-electron chi connectivity index (χ0n) is 11.7. The largest absolute Gasteiger partial charge is 0.481 e. The van der Waals surface area contributed by atoms with E-state index in [1.807, 2.05) is 24.3 Å². The number of hydrogen-bond acceptors (Lipinski definition) is 2. The molecule has 0 saturated heterocycles. The topological polar surface area (TPSA) is 62.5 Å². The highest BCUT2D eigenvalue weighted by Gasteiger charge is 2.33. The summed E-state index contributed by atoms with van der Waals surface area (Å²) in [6.07, 6.45) is 1.81. The van der Waals surface area contributed by atoms with Crippen LogP contribution < -0.4 is 0 Å². The fraction of sp³-hybridized carbons (Fsp3) is 0.250. The number of carbonyl (C=O) groups is 2. The van der Waals surface area contributed by atoms with Crippen molar-refractivity contribution in [2.24, 2.45) is 7.05 Å². The van der Waals surface area contributed by atoms with Crippen LogP contribution in [0.3, 0.4) is 0 Å². The Morgan fingerprint density at radius 1 is 1.19 bits per heavy atom. The summed E-state index contributed by atoms with van der Waals surface area (Å²) in [6.45, 7) is 0.653. The van der Waals surface area contributed by atoms with Crippen LogP contribution >= 0.6 is 0 Å². The average molecular weight is 284 g/mol. The van der Waals surface area contributed by atoms with Crippen LogP contribution in [0.15, 0.2) is 42.6 Å². The molecule has 1 aromatic heterocycles. The van der Waals surface area contributed by atoms with Crippen LogP contribution in [0.4, 0.5) is 0 Å². The van der Waals surface area contributed by atoms with E-state index in [0.717, 1.165) is 11.1 Å². The molecule has 1 aliphatic rings. The molecule has 3 rings (SSSR count). The van der Waals surface area contributed by atoms with Crippen molar-refractivity contribution in [3.63, 3.8) is 0 Å². The maximum atomic E-state index is 12.6. The molecule has 1 aliphatic heterocycles. The molecule has 5 nitrogen and oxygen atoms in total. The molecule has 0 aliphatic carbocycles. The van der Waals surface area contributed by atoms with Gasteiger partial charge in [0.25, 0.3) is 5.91 Å². The van der Waals surface area contributed by atoms with Gasteiger partial charge in [-0.25, -0.2) is 0 Å². The quantitative estimate of drug-likeness (QED) is 0.915. The van der Waals surface area contributed by atoms with Crippen molar-refractivity contribution in [1.82, 2.24) is 9.47 Å². The summed E-state index contributed by atoms with van der Waals surface area (Å²) in [4.78, 5) is 25.7. The average Bonchev–Trinajstić information content (AvgIpc) is 2.91. The molecule has 108 valence electrons. The van der Waals surface area contributed by atoms with E-state index in [0.29, 0.717) is 12.2 Å². The van der Waals surface area contributed by atoms with Crippen molar-refractivity contribution in [3.8, 4) is 0 Å². The molecule has 1 aromatic carbocycles. The number of amides is 1. The van der Waals surface area contributed by atoms with Crippen molar-refractivity contribution in [1.29, 1.82) is 0 Å². The van der Waals surface area contributed by atoms with Crippen molar-refractivity contribution in [2.75, 3.05) is 6.54 Å². The maximum Gasteiger partial charge on any atom is 0.312 e. The molecule has 5 heteroatoms. The molecule has 0 bridgehead atoms. The van der Waals surface area contributed by atoms with E-state index in [2.05, 4.69) is 0 Å². The van der Waals surface area contributed by atoms with Crippen LogP contribution in [0, 0.1) is 0 Å². The van der Waals surface area contributed by atoms with Crippen molar-refractivity contribution < 1.29 is 14.7 Å². The Bertz CT molecular complexity index is 705. The summed E-state index contributed by atoms with van der Waals surface area (Å²) in [5.41, 5.74) is 2.28. The molecule has 0 radical (unpaired) electrons. The Balaban J connectivity index is 1.95. The van der Waals surface area contributed by atoms with Crippen LogP contribution in [0.25, 0.3) is 0 Å². The number of aryl methyl sites for hydroxylation is 1. The monoisotopic (exact) mass is 284 g/mol. The molecule has 2 aromatic rings. The number of benzene rings is 1. The van der Waals surface area contributed by atoms with E-state index in [-0.39, 0.29) is 12.5 Å². The van der Waals surface area contributed by atoms with Crippen LogP contribution in [0.5, 0.6) is 0 Å². The second-order valence-electron chi connectivity index (χ2n) is 5.28. The first-order valence-electron chi connectivity index (χ1n) is 6.79. The Hall–Kier alpha value is -2.56. The fourth-order valence-corrected chi connectivity index (χ4v) is 2.82. The van der Waals surface area contributed by atoms with E-state index in [1.165, 1.54) is 0 Å². The summed E-state index contributed by atoms with van der Waals surface area (Å²) in [5.74, 6) is -1.70. The number of carboxylic acids is 1. The molecule has 0 spiro atoms. The summed E-state index contributed by atoms with van der Waals surface area (Å²) in [6, 6.07) is 11.0. The number of fused-ring (bicyclic) bond motifs is 1. The van der Waals surface area contributed by atoms with Crippen molar-refractivity contribution >= 4 is 11.9 Å². The van der Waals surface area contributed by atoms with Crippen LogP contribution in [0.1, 0.15) is 27.5 Å². The van der Waals surface area contributed by atoms with Gasteiger partial charge in [-0.1, -0.05) is 24.3 Å². The van der Waals surface area contributed by atoms with E-state index >= 15 is 0 Å². The number of hydrogen-bond donors (Lipinski definition) is 1. The Morgan fingerprint density at radius 3 is 2.62 bits per heavy atom. The third-order valence-corrected chi connectivity index (χ3v) is 3.94. The van der Waals surface area contributed by atoms with Crippen molar-refractivity contribution in [2.45, 2.75) is 12.5 Å². The second-order valence-corrected chi connectivity index (χ2v) is 5.28. The number of rotatable bonds is 2. The summed E-state index contributed by atoms with van der Waals surface area (Å²) in [7, 11) is 1.81. The van der Waals surface area contributed by atoms with Gasteiger partial charge in [-0.3, -0.25) is 9.59 Å². The van der Waals surface area contributed by atoms with E-state index in [1.54, 1.807) is 34.8 Å². The van der Waals surface area contributed by atoms with Gasteiger partial charge in [0.2, 0.25) is 0 Å². The molecule has 1 amide bonds. The highest BCUT2D eigenvalue weighted by Crippen LogP contribution is 2.29. The number of carbonyl (C=O) groups excluding carboxylic acids is 1. The van der Waals surface area contributed by atoms with Gasteiger partial charge < -0.3 is 14.6 Å². The molecule has 0 saturated carbocycles. The van der Waals surface area contributed by atoms with Gasteiger partial charge in [-0.15, -0.1) is 0 Å². The fourth-order valence-electron chi connectivity index (χ4n) is 2.82. The Morgan fingerprint density at radius 2 is 1.95 bits per heavy atom. The lowest BCUT2D eigenvalue weighted by atomic mass is 9.89. The van der Waals surface area contributed by atoms with Gasteiger partial charge in [0, 0.05) is 26.3 Å². The molecule has 21 heavy (non-hydrogen) atoms. The number of aromatic nitrogens is 1. The number of aliphatic carboxylic acids is 1. The SMILES string of the molecule is Cn1cccc1C(=O)N1Cc2ccccc2[C@@H](C(=O)O)C1. The normalized spacial score (nSPS) is 17.4. The lowest BCUT2D eigenvalue weighted by Gasteiger charge is -2.32. The third-order valence-electron chi connectivity index (χ3n) is 3.94. The minimum Gasteiger partial charge on any atom is -0.481 e. The third kappa shape index (κ3) is 2.31. The highest BCUT2D eigenvalue weighted by atomic mass is 16.4. The predicted octanol–water partition coefficient (Wildman–Crippen LogP) is 1.85. The van der Waals surface area contributed by atoms with Crippen molar-refractivity contribution in [3.05, 3.63) is 59.4 Å². The van der Waals surface area contributed by atoms with Gasteiger partial charge >= 0.3 is 5.97 Å². The minimum atomic E-state index is -0.896. The van der Waals surface area contributed by atoms with Gasteiger partial charge in [-0.05, 0) is 23.3 Å². The first-order chi connectivity index (χ1) is 10.1. The van der Waals surface area contributed by atoms with E-state index < -0.39 is 11.9 Å². The highest BCUT2D eigenvalue weighted by molar-refractivity contribution is 5.93. The van der Waals surface area contributed by atoms with E-state index in [9.17, 15) is 14.7 Å². The van der Waals surface area contributed by atoms with Gasteiger partial charge in [0.15, 0.2) is 0 Å². The zero-order valence-corrected chi connectivity index (χ0v) is 11.7. The Labute approximate surface area is 122 Å². The molecular formula is C16H16N2O3. The molecule has 1 N–H and O–H groups in total. The maximum absolute atomic E-state index is 12.6. The second kappa shape index (κ2) is 5.09. The molecular weight excluding hydrogens is 268 g/mol. The first kappa shape index (κ1) is 13.4. The lowest BCUT2D eigenvalue weighted by Crippen LogP contribution is -2.41. The van der Waals surface area contributed by atoms with Gasteiger partial charge in [0.1, 0.15) is 5.69 Å². The van der Waals surface area contributed by atoms with Gasteiger partial charge in [-0.2, -0.15) is 0 Å². The number of nitrogens with zero attached hydrogens (tertiary/aromatic N) is 2.